The number of nitrogens with one attached hydrogen (secondary N) is 1. The lowest BCUT2D eigenvalue weighted by atomic mass is 10.1. The van der Waals surface area contributed by atoms with Crippen LogP contribution in [-0.4, -0.2) is 31.0 Å². The molecule has 31 heavy (non-hydrogen) atoms. The van der Waals surface area contributed by atoms with Crippen molar-refractivity contribution >= 4 is 0 Å². The monoisotopic (exact) mass is 415 g/mol. The van der Waals surface area contributed by atoms with Crippen LogP contribution in [-0.2, 0) is 26.1 Å². The van der Waals surface area contributed by atoms with Gasteiger partial charge in [-0.2, -0.15) is 0 Å². The number of halogens is 1. The van der Waals surface area contributed by atoms with Crippen molar-refractivity contribution in [2.75, 3.05) is 6.54 Å². The van der Waals surface area contributed by atoms with E-state index in [9.17, 15) is 9.18 Å². The van der Waals surface area contributed by atoms with E-state index < -0.39 is 0 Å². The van der Waals surface area contributed by atoms with Crippen molar-refractivity contribution in [3.05, 3.63) is 106 Å². The summed E-state index contributed by atoms with van der Waals surface area (Å²) in [5.41, 5.74) is 4.11. The maximum absolute atomic E-state index is 14.1. The molecule has 0 aliphatic carbocycles. The number of H-pyrrole nitrogens is 1. The van der Waals surface area contributed by atoms with E-state index in [2.05, 4.69) is 25.5 Å². The topological polar surface area (TPSA) is 66.8 Å². The predicted octanol–water partition coefficient (Wildman–Crippen LogP) is 3.38. The summed E-state index contributed by atoms with van der Waals surface area (Å²) in [6.45, 7) is 2.57. The van der Waals surface area contributed by atoms with Crippen LogP contribution in [0.1, 0.15) is 22.5 Å². The molecule has 1 N–H and O–H groups in total. The van der Waals surface area contributed by atoms with Gasteiger partial charge in [0.2, 0.25) is 0 Å². The molecule has 3 aromatic heterocycles. The Labute approximate surface area is 179 Å². The van der Waals surface area contributed by atoms with Gasteiger partial charge in [0.25, 0.3) is 5.56 Å². The summed E-state index contributed by atoms with van der Waals surface area (Å²) in [5.74, 6) is 0.372. The largest absolute Gasteiger partial charge is 0.346 e. The van der Waals surface area contributed by atoms with E-state index in [1.165, 1.54) is 6.07 Å². The van der Waals surface area contributed by atoms with Crippen LogP contribution in [0, 0.1) is 5.82 Å². The number of pyridine rings is 1. The Hall–Kier alpha value is -3.58. The van der Waals surface area contributed by atoms with E-state index in [-0.39, 0.29) is 11.4 Å². The second-order valence-corrected chi connectivity index (χ2v) is 7.76. The van der Waals surface area contributed by atoms with Crippen molar-refractivity contribution in [3.63, 3.8) is 0 Å². The minimum absolute atomic E-state index is 0.0700. The highest BCUT2D eigenvalue weighted by Gasteiger charge is 2.22. The van der Waals surface area contributed by atoms with Crippen molar-refractivity contribution in [1.82, 2.24) is 24.4 Å². The van der Waals surface area contributed by atoms with Crippen molar-refractivity contribution in [1.29, 1.82) is 0 Å². The third kappa shape index (κ3) is 4.04. The minimum atomic E-state index is -0.193. The molecule has 0 fully saturated rings. The first kappa shape index (κ1) is 19.4. The fourth-order valence-corrected chi connectivity index (χ4v) is 4.06. The molecule has 0 atom stereocenters. The van der Waals surface area contributed by atoms with E-state index in [1.54, 1.807) is 18.5 Å². The summed E-state index contributed by atoms with van der Waals surface area (Å²) < 4.78 is 16.2. The van der Waals surface area contributed by atoms with Gasteiger partial charge in [-0.3, -0.25) is 14.7 Å². The molecule has 156 valence electrons. The lowest BCUT2D eigenvalue weighted by Gasteiger charge is -2.28. The van der Waals surface area contributed by atoms with Crippen LogP contribution in [0.15, 0.2) is 71.9 Å². The quantitative estimate of drug-likeness (QED) is 0.543. The summed E-state index contributed by atoms with van der Waals surface area (Å²) in [6, 6.07) is 14.6. The molecule has 7 heteroatoms. The predicted molar refractivity (Wildman–Crippen MR) is 116 cm³/mol. The number of aromatic nitrogens is 4. The van der Waals surface area contributed by atoms with Gasteiger partial charge in [-0.15, -0.1) is 0 Å². The SMILES string of the molecule is O=c1[nH]c(-c2ccncc2)nc2c1CCN(Cc1cccn1Cc1ccccc1F)C2. The zero-order valence-corrected chi connectivity index (χ0v) is 17.0. The van der Waals surface area contributed by atoms with Crippen molar-refractivity contribution in [3.8, 4) is 11.4 Å². The van der Waals surface area contributed by atoms with Crippen LogP contribution in [0.2, 0.25) is 0 Å². The second kappa shape index (κ2) is 8.28. The van der Waals surface area contributed by atoms with Gasteiger partial charge in [0, 0.05) is 60.6 Å². The highest BCUT2D eigenvalue weighted by atomic mass is 19.1. The zero-order chi connectivity index (χ0) is 21.2. The van der Waals surface area contributed by atoms with Gasteiger partial charge in [-0.05, 0) is 36.8 Å². The lowest BCUT2D eigenvalue weighted by molar-refractivity contribution is 0.235. The number of hydrogen-bond acceptors (Lipinski definition) is 4. The average molecular weight is 415 g/mol. The van der Waals surface area contributed by atoms with Crippen molar-refractivity contribution in [2.24, 2.45) is 0 Å². The Bertz CT molecular complexity index is 1260. The molecule has 0 bridgehead atoms. The standard InChI is InChI=1S/C24H22FN5O/c25-21-6-2-1-4-18(21)14-30-12-3-5-19(30)15-29-13-9-20-22(16-29)27-23(28-24(20)31)17-7-10-26-11-8-17/h1-8,10-12H,9,13-16H2,(H,27,28,31). The van der Waals surface area contributed by atoms with Crippen LogP contribution in [0.3, 0.4) is 0 Å². The number of nitrogens with zero attached hydrogens (tertiary/aromatic N) is 4. The smallest absolute Gasteiger partial charge is 0.254 e. The van der Waals surface area contributed by atoms with Gasteiger partial charge in [0.1, 0.15) is 11.6 Å². The first-order valence-corrected chi connectivity index (χ1v) is 10.3. The normalized spacial score (nSPS) is 13.8. The van der Waals surface area contributed by atoms with E-state index in [4.69, 9.17) is 4.98 Å². The zero-order valence-electron chi connectivity index (χ0n) is 17.0. The Kier molecular flexibility index (Phi) is 5.18. The summed E-state index contributed by atoms with van der Waals surface area (Å²) >= 11 is 0. The van der Waals surface area contributed by atoms with E-state index >= 15 is 0 Å². The van der Waals surface area contributed by atoms with Gasteiger partial charge in [-0.25, -0.2) is 9.37 Å². The summed E-state index contributed by atoms with van der Waals surface area (Å²) in [7, 11) is 0. The van der Waals surface area contributed by atoms with Gasteiger partial charge in [0.15, 0.2) is 0 Å². The average Bonchev–Trinajstić information content (AvgIpc) is 3.22. The Morgan fingerprint density at radius 1 is 1.03 bits per heavy atom. The lowest BCUT2D eigenvalue weighted by Crippen LogP contribution is -2.35. The number of hydrogen-bond donors (Lipinski definition) is 1. The van der Waals surface area contributed by atoms with Gasteiger partial charge in [0.05, 0.1) is 12.2 Å². The Morgan fingerprint density at radius 2 is 1.87 bits per heavy atom. The minimum Gasteiger partial charge on any atom is -0.346 e. The molecular formula is C24H22FN5O. The van der Waals surface area contributed by atoms with Gasteiger partial charge in [-0.1, -0.05) is 18.2 Å². The molecule has 1 aromatic carbocycles. The number of fused-ring (bicyclic) bond motifs is 1. The highest BCUT2D eigenvalue weighted by molar-refractivity contribution is 5.54. The molecule has 0 radical (unpaired) electrons. The van der Waals surface area contributed by atoms with Crippen molar-refractivity contribution < 1.29 is 4.39 Å². The molecule has 4 heterocycles. The third-order valence-corrected chi connectivity index (χ3v) is 5.71. The number of benzene rings is 1. The van der Waals surface area contributed by atoms with Crippen LogP contribution in [0.4, 0.5) is 4.39 Å². The number of rotatable bonds is 5. The van der Waals surface area contributed by atoms with Crippen LogP contribution >= 0.6 is 0 Å². The molecule has 0 spiro atoms. The Balaban J connectivity index is 1.36. The van der Waals surface area contributed by atoms with Crippen LogP contribution in [0.25, 0.3) is 11.4 Å². The fourth-order valence-electron chi connectivity index (χ4n) is 4.06. The highest BCUT2D eigenvalue weighted by Crippen LogP contribution is 2.20. The molecule has 0 unspecified atom stereocenters. The maximum atomic E-state index is 14.1. The second-order valence-electron chi connectivity index (χ2n) is 7.76. The summed E-state index contributed by atoms with van der Waals surface area (Å²) in [4.78, 5) is 26.5. The van der Waals surface area contributed by atoms with Gasteiger partial charge < -0.3 is 9.55 Å². The third-order valence-electron chi connectivity index (χ3n) is 5.71. The fraction of sp³-hybridized carbons (Fsp3) is 0.208. The molecule has 1 aliphatic rings. The first-order valence-electron chi connectivity index (χ1n) is 10.3. The molecule has 0 amide bonds. The summed E-state index contributed by atoms with van der Waals surface area (Å²) in [6.07, 6.45) is 6.00. The maximum Gasteiger partial charge on any atom is 0.254 e. The van der Waals surface area contributed by atoms with Crippen LogP contribution < -0.4 is 5.56 Å². The molecule has 0 saturated heterocycles. The molecule has 0 saturated carbocycles. The summed E-state index contributed by atoms with van der Waals surface area (Å²) in [5, 5.41) is 0. The van der Waals surface area contributed by atoms with Gasteiger partial charge >= 0.3 is 0 Å². The molecule has 6 nitrogen and oxygen atoms in total. The Morgan fingerprint density at radius 3 is 2.71 bits per heavy atom. The van der Waals surface area contributed by atoms with Crippen molar-refractivity contribution in [2.45, 2.75) is 26.1 Å². The first-order chi connectivity index (χ1) is 15.2. The number of aromatic amines is 1. The molecule has 5 rings (SSSR count). The van der Waals surface area contributed by atoms with E-state index in [0.717, 1.165) is 29.1 Å². The molecular weight excluding hydrogens is 393 g/mol. The molecule has 1 aliphatic heterocycles. The molecule has 4 aromatic rings. The van der Waals surface area contributed by atoms with E-state index in [0.29, 0.717) is 37.4 Å². The van der Waals surface area contributed by atoms with E-state index in [1.807, 2.05) is 36.5 Å². The van der Waals surface area contributed by atoms with Crippen LogP contribution in [0.5, 0.6) is 0 Å².